The summed E-state index contributed by atoms with van der Waals surface area (Å²) in [5.74, 6) is -0.365. The summed E-state index contributed by atoms with van der Waals surface area (Å²) in [6, 6.07) is 3.79. The molecule has 4 heteroatoms. The Morgan fingerprint density at radius 1 is 1.50 bits per heavy atom. The molecule has 76 valence electrons. The topological polar surface area (TPSA) is 35.5 Å². The third-order valence-corrected chi connectivity index (χ3v) is 1.65. The predicted molar refractivity (Wildman–Crippen MR) is 48.9 cm³/mol. The lowest BCUT2D eigenvalue weighted by Gasteiger charge is -2.08. The molecule has 0 amide bonds. The molecule has 0 fully saturated rings. The number of hydrogen-bond acceptors (Lipinski definition) is 3. The van der Waals surface area contributed by atoms with Crippen LogP contribution >= 0.6 is 0 Å². The summed E-state index contributed by atoms with van der Waals surface area (Å²) in [5, 5.41) is 0. The average molecular weight is 198 g/mol. The van der Waals surface area contributed by atoms with Gasteiger partial charge >= 0.3 is 0 Å². The van der Waals surface area contributed by atoms with Crippen LogP contribution < -0.4 is 4.74 Å². The lowest BCUT2D eigenvalue weighted by atomic mass is 10.1. The molecule has 0 saturated carbocycles. The molecule has 0 heterocycles. The SMILES string of the molecule is COCOc1ccc(F)cc1C(C)=O. The molecule has 1 aromatic rings. The van der Waals surface area contributed by atoms with Crippen LogP contribution in [0.4, 0.5) is 4.39 Å². The van der Waals surface area contributed by atoms with Gasteiger partial charge in [0.1, 0.15) is 11.6 Å². The number of ketones is 1. The van der Waals surface area contributed by atoms with Crippen LogP contribution in [0.15, 0.2) is 18.2 Å². The van der Waals surface area contributed by atoms with Crippen LogP contribution in [0.2, 0.25) is 0 Å². The van der Waals surface area contributed by atoms with E-state index in [0.29, 0.717) is 5.75 Å². The fourth-order valence-electron chi connectivity index (χ4n) is 1.03. The number of Topliss-reactive ketones (excluding diaryl/α,β-unsaturated/α-hetero) is 1. The van der Waals surface area contributed by atoms with Crippen LogP contribution in [0.1, 0.15) is 17.3 Å². The van der Waals surface area contributed by atoms with E-state index in [-0.39, 0.29) is 18.1 Å². The Morgan fingerprint density at radius 3 is 2.79 bits per heavy atom. The first-order chi connectivity index (χ1) is 6.65. The first-order valence-electron chi connectivity index (χ1n) is 4.07. The number of rotatable bonds is 4. The van der Waals surface area contributed by atoms with Crippen LogP contribution in [0.3, 0.4) is 0 Å². The van der Waals surface area contributed by atoms with Gasteiger partial charge in [-0.3, -0.25) is 4.79 Å². The third kappa shape index (κ3) is 2.53. The predicted octanol–water partition coefficient (Wildman–Crippen LogP) is 2.01. The molecule has 0 saturated heterocycles. The van der Waals surface area contributed by atoms with Crippen molar-refractivity contribution in [3.05, 3.63) is 29.6 Å². The van der Waals surface area contributed by atoms with Crippen molar-refractivity contribution in [1.29, 1.82) is 0 Å². The Labute approximate surface area is 81.4 Å². The first-order valence-corrected chi connectivity index (χ1v) is 4.07. The van der Waals surface area contributed by atoms with Gasteiger partial charge in [0, 0.05) is 7.11 Å². The molecule has 1 rings (SSSR count). The fourth-order valence-corrected chi connectivity index (χ4v) is 1.03. The average Bonchev–Trinajstić information content (AvgIpc) is 2.15. The Morgan fingerprint density at radius 2 is 2.21 bits per heavy atom. The van der Waals surface area contributed by atoms with E-state index in [2.05, 4.69) is 4.74 Å². The molecule has 3 nitrogen and oxygen atoms in total. The maximum atomic E-state index is 12.8. The molecule has 0 radical (unpaired) electrons. The van der Waals surface area contributed by atoms with E-state index in [1.807, 2.05) is 0 Å². The zero-order valence-electron chi connectivity index (χ0n) is 8.04. The van der Waals surface area contributed by atoms with Crippen molar-refractivity contribution in [2.24, 2.45) is 0 Å². The lowest BCUT2D eigenvalue weighted by Crippen LogP contribution is -2.04. The van der Waals surface area contributed by atoms with Crippen LogP contribution in [-0.4, -0.2) is 19.7 Å². The summed E-state index contributed by atoms with van der Waals surface area (Å²) in [6.45, 7) is 1.39. The number of carbonyl (C=O) groups is 1. The highest BCUT2D eigenvalue weighted by Crippen LogP contribution is 2.20. The molecular weight excluding hydrogens is 187 g/mol. The van der Waals surface area contributed by atoms with E-state index < -0.39 is 5.82 Å². The van der Waals surface area contributed by atoms with Gasteiger partial charge in [-0.25, -0.2) is 4.39 Å². The number of carbonyl (C=O) groups excluding carboxylic acids is 1. The van der Waals surface area contributed by atoms with Crippen LogP contribution in [-0.2, 0) is 4.74 Å². The summed E-state index contributed by atoms with van der Waals surface area (Å²) in [6.07, 6.45) is 0. The zero-order valence-corrected chi connectivity index (χ0v) is 8.04. The molecule has 14 heavy (non-hydrogen) atoms. The molecule has 0 unspecified atom stereocenters. The van der Waals surface area contributed by atoms with Crippen molar-refractivity contribution in [3.63, 3.8) is 0 Å². The molecule has 0 aliphatic rings. The largest absolute Gasteiger partial charge is 0.467 e. The summed E-state index contributed by atoms with van der Waals surface area (Å²) < 4.78 is 22.6. The van der Waals surface area contributed by atoms with Gasteiger partial charge in [0.05, 0.1) is 5.56 Å². The molecule has 0 spiro atoms. The second-order valence-corrected chi connectivity index (χ2v) is 2.75. The highest BCUT2D eigenvalue weighted by molar-refractivity contribution is 5.96. The number of hydrogen-bond donors (Lipinski definition) is 0. The zero-order chi connectivity index (χ0) is 10.6. The normalized spacial score (nSPS) is 9.93. The standard InChI is InChI=1S/C10H11FO3/c1-7(12)9-5-8(11)3-4-10(9)14-6-13-2/h3-5H,6H2,1-2H3. The van der Waals surface area contributed by atoms with Gasteiger partial charge in [0.2, 0.25) is 0 Å². The van der Waals surface area contributed by atoms with Crippen LogP contribution in [0, 0.1) is 5.82 Å². The molecular formula is C10H11FO3. The van der Waals surface area contributed by atoms with Crippen molar-refractivity contribution >= 4 is 5.78 Å². The third-order valence-electron chi connectivity index (χ3n) is 1.65. The van der Waals surface area contributed by atoms with Crippen molar-refractivity contribution in [1.82, 2.24) is 0 Å². The van der Waals surface area contributed by atoms with E-state index in [1.54, 1.807) is 0 Å². The Hall–Kier alpha value is -1.42. The maximum absolute atomic E-state index is 12.8. The number of benzene rings is 1. The molecule has 0 aromatic heterocycles. The summed E-state index contributed by atoms with van der Waals surface area (Å²) in [5.41, 5.74) is 0.224. The second kappa shape index (κ2) is 4.72. The van der Waals surface area contributed by atoms with Crippen molar-refractivity contribution in [2.75, 3.05) is 13.9 Å². The minimum absolute atomic E-state index is 0.0336. The molecule has 0 atom stereocenters. The smallest absolute Gasteiger partial charge is 0.188 e. The maximum Gasteiger partial charge on any atom is 0.188 e. The number of methoxy groups -OCH3 is 1. The van der Waals surface area contributed by atoms with Gasteiger partial charge in [-0.15, -0.1) is 0 Å². The van der Waals surface area contributed by atoms with Crippen molar-refractivity contribution in [3.8, 4) is 5.75 Å². The van der Waals surface area contributed by atoms with Crippen molar-refractivity contribution in [2.45, 2.75) is 6.92 Å². The van der Waals surface area contributed by atoms with Crippen molar-refractivity contribution < 1.29 is 18.7 Å². The molecule has 1 aromatic carbocycles. The molecule has 0 bridgehead atoms. The summed E-state index contributed by atoms with van der Waals surface area (Å²) in [4.78, 5) is 11.1. The molecule has 0 aliphatic heterocycles. The summed E-state index contributed by atoms with van der Waals surface area (Å²) >= 11 is 0. The van der Waals surface area contributed by atoms with E-state index in [1.165, 1.54) is 26.2 Å². The highest BCUT2D eigenvalue weighted by Gasteiger charge is 2.09. The Kier molecular flexibility index (Phi) is 3.59. The highest BCUT2D eigenvalue weighted by atomic mass is 19.1. The Bertz CT molecular complexity index is 336. The minimum atomic E-state index is -0.458. The second-order valence-electron chi connectivity index (χ2n) is 2.75. The van der Waals surface area contributed by atoms with Crippen LogP contribution in [0.25, 0.3) is 0 Å². The van der Waals surface area contributed by atoms with Gasteiger partial charge < -0.3 is 9.47 Å². The quantitative estimate of drug-likeness (QED) is 0.548. The van der Waals surface area contributed by atoms with Gasteiger partial charge in [0.15, 0.2) is 12.6 Å². The lowest BCUT2D eigenvalue weighted by molar-refractivity contribution is 0.0502. The molecule has 0 N–H and O–H groups in total. The fraction of sp³-hybridized carbons (Fsp3) is 0.300. The van der Waals surface area contributed by atoms with E-state index >= 15 is 0 Å². The van der Waals surface area contributed by atoms with E-state index in [0.717, 1.165) is 6.07 Å². The van der Waals surface area contributed by atoms with E-state index in [4.69, 9.17) is 4.74 Å². The summed E-state index contributed by atoms with van der Waals surface area (Å²) in [7, 11) is 1.47. The van der Waals surface area contributed by atoms with Crippen LogP contribution in [0.5, 0.6) is 5.75 Å². The van der Waals surface area contributed by atoms with Gasteiger partial charge in [-0.1, -0.05) is 0 Å². The minimum Gasteiger partial charge on any atom is -0.467 e. The van der Waals surface area contributed by atoms with Gasteiger partial charge in [-0.2, -0.15) is 0 Å². The number of halogens is 1. The monoisotopic (exact) mass is 198 g/mol. The van der Waals surface area contributed by atoms with Gasteiger partial charge in [-0.05, 0) is 25.1 Å². The molecule has 0 aliphatic carbocycles. The first kappa shape index (κ1) is 10.7. The van der Waals surface area contributed by atoms with E-state index in [9.17, 15) is 9.18 Å². The van der Waals surface area contributed by atoms with Gasteiger partial charge in [0.25, 0.3) is 0 Å². The number of ether oxygens (including phenoxy) is 2. The Balaban J connectivity index is 2.96.